The minimum absolute atomic E-state index is 0.434. The molecule has 0 aromatic heterocycles. The van der Waals surface area contributed by atoms with Gasteiger partial charge in [0.25, 0.3) is 0 Å². The number of ether oxygens (including phenoxy) is 1. The molecule has 1 aromatic carbocycles. The van der Waals surface area contributed by atoms with Crippen LogP contribution in [0.4, 0.5) is 0 Å². The van der Waals surface area contributed by atoms with Crippen LogP contribution in [0.1, 0.15) is 26.3 Å². The Morgan fingerprint density at radius 3 is 2.59 bits per heavy atom. The van der Waals surface area contributed by atoms with E-state index >= 15 is 0 Å². The van der Waals surface area contributed by atoms with Crippen molar-refractivity contribution >= 4 is 5.96 Å². The maximum atomic E-state index is 5.79. The first-order valence-corrected chi connectivity index (χ1v) is 8.20. The molecule has 22 heavy (non-hydrogen) atoms. The number of aliphatic imine (C=N–C) groups is 1. The zero-order valence-corrected chi connectivity index (χ0v) is 13.9. The Morgan fingerprint density at radius 2 is 2.00 bits per heavy atom. The van der Waals surface area contributed by atoms with Crippen LogP contribution in [0.3, 0.4) is 0 Å². The molecule has 5 heteroatoms. The number of rotatable bonds is 8. The molecule has 0 spiro atoms. The topological polar surface area (TPSA) is 48.9 Å². The molecule has 0 saturated heterocycles. The third-order valence-electron chi connectivity index (χ3n) is 3.86. The maximum Gasteiger partial charge on any atom is 0.191 e. The molecule has 1 heterocycles. The van der Waals surface area contributed by atoms with Crippen molar-refractivity contribution in [3.05, 3.63) is 29.8 Å². The van der Waals surface area contributed by atoms with Gasteiger partial charge in [-0.15, -0.1) is 0 Å². The Morgan fingerprint density at radius 1 is 1.27 bits per heavy atom. The molecule has 0 aliphatic carbocycles. The first-order chi connectivity index (χ1) is 10.7. The number of benzene rings is 1. The summed E-state index contributed by atoms with van der Waals surface area (Å²) in [5.41, 5.74) is 1.22. The van der Waals surface area contributed by atoms with E-state index in [1.807, 2.05) is 12.1 Å². The number of guanidine groups is 1. The van der Waals surface area contributed by atoms with Crippen molar-refractivity contribution in [1.29, 1.82) is 0 Å². The lowest BCUT2D eigenvalue weighted by Gasteiger charge is -2.18. The quantitative estimate of drug-likeness (QED) is 0.769. The summed E-state index contributed by atoms with van der Waals surface area (Å²) in [6, 6.07) is 8.69. The SMILES string of the molecule is CCN(CC)CCOc1ccc(CNC2=NCC(C)N2)cc1. The Hall–Kier alpha value is -1.75. The molecule has 2 rings (SSSR count). The second kappa shape index (κ2) is 8.63. The molecule has 5 nitrogen and oxygen atoms in total. The van der Waals surface area contributed by atoms with E-state index in [1.54, 1.807) is 0 Å². The summed E-state index contributed by atoms with van der Waals surface area (Å²) in [6.45, 7) is 12.0. The van der Waals surface area contributed by atoms with Crippen molar-refractivity contribution in [3.63, 3.8) is 0 Å². The van der Waals surface area contributed by atoms with Gasteiger partial charge in [-0.05, 0) is 37.7 Å². The highest BCUT2D eigenvalue weighted by atomic mass is 16.5. The summed E-state index contributed by atoms with van der Waals surface area (Å²) in [7, 11) is 0. The van der Waals surface area contributed by atoms with Gasteiger partial charge in [-0.25, -0.2) is 0 Å². The van der Waals surface area contributed by atoms with Crippen LogP contribution in [0, 0.1) is 0 Å². The van der Waals surface area contributed by atoms with E-state index in [2.05, 4.69) is 53.4 Å². The van der Waals surface area contributed by atoms with Gasteiger partial charge >= 0.3 is 0 Å². The van der Waals surface area contributed by atoms with Crippen LogP contribution in [0.2, 0.25) is 0 Å². The molecule has 1 unspecified atom stereocenters. The van der Waals surface area contributed by atoms with Crippen LogP contribution in [0.5, 0.6) is 5.75 Å². The number of nitrogens with zero attached hydrogens (tertiary/aromatic N) is 2. The third kappa shape index (κ3) is 5.22. The third-order valence-corrected chi connectivity index (χ3v) is 3.86. The number of hydrogen-bond donors (Lipinski definition) is 2. The van der Waals surface area contributed by atoms with Gasteiger partial charge in [-0.2, -0.15) is 0 Å². The Kier molecular flexibility index (Phi) is 6.52. The zero-order valence-electron chi connectivity index (χ0n) is 13.9. The van der Waals surface area contributed by atoms with E-state index < -0.39 is 0 Å². The van der Waals surface area contributed by atoms with Crippen molar-refractivity contribution in [2.45, 2.75) is 33.4 Å². The fourth-order valence-electron chi connectivity index (χ4n) is 2.38. The second-order valence-electron chi connectivity index (χ2n) is 5.61. The van der Waals surface area contributed by atoms with E-state index in [-0.39, 0.29) is 0 Å². The lowest BCUT2D eigenvalue weighted by atomic mass is 10.2. The standard InChI is InChI=1S/C17H28N4O/c1-4-21(5-2)10-11-22-16-8-6-15(7-9-16)13-19-17-18-12-14(3)20-17/h6-9,14H,4-5,10-13H2,1-3H3,(H2,18,19,20). The summed E-state index contributed by atoms with van der Waals surface area (Å²) in [5, 5.41) is 6.61. The molecule has 1 atom stereocenters. The molecule has 2 N–H and O–H groups in total. The van der Waals surface area contributed by atoms with Crippen molar-refractivity contribution in [2.75, 3.05) is 32.8 Å². The predicted octanol–water partition coefficient (Wildman–Crippen LogP) is 1.84. The van der Waals surface area contributed by atoms with E-state index in [0.717, 1.165) is 51.0 Å². The van der Waals surface area contributed by atoms with Crippen molar-refractivity contribution in [1.82, 2.24) is 15.5 Å². The molecule has 0 saturated carbocycles. The lowest BCUT2D eigenvalue weighted by Crippen LogP contribution is -2.37. The summed E-state index contributed by atoms with van der Waals surface area (Å²) in [5.74, 6) is 1.83. The summed E-state index contributed by atoms with van der Waals surface area (Å²) < 4.78 is 5.79. The molecule has 0 bridgehead atoms. The first kappa shape index (κ1) is 16.6. The average Bonchev–Trinajstić information content (AvgIpc) is 2.96. The van der Waals surface area contributed by atoms with Gasteiger partial charge < -0.3 is 20.3 Å². The maximum absolute atomic E-state index is 5.79. The van der Waals surface area contributed by atoms with Crippen molar-refractivity contribution in [3.8, 4) is 5.75 Å². The number of hydrogen-bond acceptors (Lipinski definition) is 5. The smallest absolute Gasteiger partial charge is 0.191 e. The highest BCUT2D eigenvalue weighted by Crippen LogP contribution is 2.12. The van der Waals surface area contributed by atoms with Crippen LogP contribution < -0.4 is 15.4 Å². The van der Waals surface area contributed by atoms with Crippen LogP contribution in [0.15, 0.2) is 29.3 Å². The normalized spacial score (nSPS) is 17.3. The molecular formula is C17H28N4O. The molecule has 122 valence electrons. The minimum Gasteiger partial charge on any atom is -0.492 e. The molecular weight excluding hydrogens is 276 g/mol. The van der Waals surface area contributed by atoms with Gasteiger partial charge in [0.05, 0.1) is 6.54 Å². The van der Waals surface area contributed by atoms with E-state index in [0.29, 0.717) is 6.04 Å². The van der Waals surface area contributed by atoms with Gasteiger partial charge in [0.1, 0.15) is 12.4 Å². The second-order valence-corrected chi connectivity index (χ2v) is 5.61. The van der Waals surface area contributed by atoms with Gasteiger partial charge in [0.2, 0.25) is 0 Å². The summed E-state index contributed by atoms with van der Waals surface area (Å²) in [6.07, 6.45) is 0. The van der Waals surface area contributed by atoms with Crippen LogP contribution >= 0.6 is 0 Å². The zero-order chi connectivity index (χ0) is 15.8. The van der Waals surface area contributed by atoms with Crippen molar-refractivity contribution in [2.24, 2.45) is 4.99 Å². The molecule has 1 aliphatic rings. The van der Waals surface area contributed by atoms with Gasteiger partial charge in [-0.1, -0.05) is 26.0 Å². The summed E-state index contributed by atoms with van der Waals surface area (Å²) >= 11 is 0. The largest absolute Gasteiger partial charge is 0.492 e. The monoisotopic (exact) mass is 304 g/mol. The predicted molar refractivity (Wildman–Crippen MR) is 91.5 cm³/mol. The van der Waals surface area contributed by atoms with Gasteiger partial charge in [-0.3, -0.25) is 4.99 Å². The minimum atomic E-state index is 0.434. The fourth-order valence-corrected chi connectivity index (χ4v) is 2.38. The molecule has 0 amide bonds. The van der Waals surface area contributed by atoms with Crippen LogP contribution in [0.25, 0.3) is 0 Å². The van der Waals surface area contributed by atoms with Gasteiger partial charge in [0, 0.05) is 19.1 Å². The van der Waals surface area contributed by atoms with Gasteiger partial charge in [0.15, 0.2) is 5.96 Å². The van der Waals surface area contributed by atoms with Crippen molar-refractivity contribution < 1.29 is 4.74 Å². The highest BCUT2D eigenvalue weighted by molar-refractivity contribution is 5.81. The Labute approximate surface area is 133 Å². The fraction of sp³-hybridized carbons (Fsp3) is 0.588. The first-order valence-electron chi connectivity index (χ1n) is 8.20. The molecule has 1 aromatic rings. The number of likely N-dealkylation sites (N-methyl/N-ethyl adjacent to an activating group) is 1. The average molecular weight is 304 g/mol. The molecule has 0 radical (unpaired) electrons. The van der Waals surface area contributed by atoms with E-state index in [9.17, 15) is 0 Å². The highest BCUT2D eigenvalue weighted by Gasteiger charge is 2.11. The summed E-state index contributed by atoms with van der Waals surface area (Å²) in [4.78, 5) is 6.74. The van der Waals surface area contributed by atoms with E-state index in [1.165, 1.54) is 5.56 Å². The number of nitrogens with one attached hydrogen (secondary N) is 2. The Bertz CT molecular complexity index is 468. The molecule has 1 aliphatic heterocycles. The van der Waals surface area contributed by atoms with Crippen LogP contribution in [-0.2, 0) is 6.54 Å². The Balaban J connectivity index is 1.71. The van der Waals surface area contributed by atoms with Crippen LogP contribution in [-0.4, -0.2) is 49.7 Å². The molecule has 0 fully saturated rings. The lowest BCUT2D eigenvalue weighted by molar-refractivity contribution is 0.223. The van der Waals surface area contributed by atoms with E-state index in [4.69, 9.17) is 4.74 Å².